The van der Waals surface area contributed by atoms with Crippen molar-refractivity contribution in [2.75, 3.05) is 23.4 Å². The maximum atomic E-state index is 5.72. The SMILES string of the molecule is CCN(Cc1ccccc1)c1nc(N)nc(SC)n1. The number of benzene rings is 1. The van der Waals surface area contributed by atoms with Crippen LogP contribution in [0.4, 0.5) is 11.9 Å². The van der Waals surface area contributed by atoms with Gasteiger partial charge < -0.3 is 10.6 Å². The van der Waals surface area contributed by atoms with Gasteiger partial charge in [-0.3, -0.25) is 0 Å². The Morgan fingerprint density at radius 1 is 1.16 bits per heavy atom. The second-order valence-electron chi connectivity index (χ2n) is 3.98. The minimum atomic E-state index is 0.265. The first-order valence-corrected chi connectivity index (χ1v) is 7.29. The first-order valence-electron chi connectivity index (χ1n) is 6.07. The van der Waals surface area contributed by atoms with Crippen molar-refractivity contribution in [3.63, 3.8) is 0 Å². The minimum absolute atomic E-state index is 0.265. The van der Waals surface area contributed by atoms with Gasteiger partial charge in [0.15, 0.2) is 5.16 Å². The van der Waals surface area contributed by atoms with Crippen LogP contribution in [-0.2, 0) is 6.54 Å². The Kier molecular flexibility index (Phi) is 4.57. The van der Waals surface area contributed by atoms with E-state index in [1.54, 1.807) is 0 Å². The van der Waals surface area contributed by atoms with E-state index < -0.39 is 0 Å². The van der Waals surface area contributed by atoms with Crippen molar-refractivity contribution in [1.29, 1.82) is 0 Å². The van der Waals surface area contributed by atoms with Gasteiger partial charge in [0.25, 0.3) is 0 Å². The second-order valence-corrected chi connectivity index (χ2v) is 4.75. The fourth-order valence-corrected chi connectivity index (χ4v) is 2.08. The van der Waals surface area contributed by atoms with Gasteiger partial charge in [-0.15, -0.1) is 0 Å². The summed E-state index contributed by atoms with van der Waals surface area (Å²) in [5, 5.41) is 0.647. The van der Waals surface area contributed by atoms with Crippen molar-refractivity contribution in [2.45, 2.75) is 18.6 Å². The van der Waals surface area contributed by atoms with Gasteiger partial charge in [0, 0.05) is 13.1 Å². The second kappa shape index (κ2) is 6.38. The first kappa shape index (κ1) is 13.6. The molecule has 0 spiro atoms. The lowest BCUT2D eigenvalue weighted by Crippen LogP contribution is -2.25. The van der Waals surface area contributed by atoms with Crippen molar-refractivity contribution >= 4 is 23.7 Å². The van der Waals surface area contributed by atoms with E-state index >= 15 is 0 Å². The van der Waals surface area contributed by atoms with Crippen LogP contribution in [0.2, 0.25) is 0 Å². The Balaban J connectivity index is 2.24. The zero-order chi connectivity index (χ0) is 13.7. The molecule has 1 aromatic carbocycles. The lowest BCUT2D eigenvalue weighted by Gasteiger charge is -2.21. The number of hydrogen-bond donors (Lipinski definition) is 1. The summed E-state index contributed by atoms with van der Waals surface area (Å²) in [7, 11) is 0. The highest BCUT2D eigenvalue weighted by atomic mass is 32.2. The standard InChI is InChI=1S/C13H17N5S/c1-3-18(9-10-7-5-4-6-8-10)12-15-11(14)16-13(17-12)19-2/h4-8H,3,9H2,1-2H3,(H2,14,15,16,17). The van der Waals surface area contributed by atoms with Gasteiger partial charge in [-0.2, -0.15) is 15.0 Å². The monoisotopic (exact) mass is 275 g/mol. The minimum Gasteiger partial charge on any atom is -0.368 e. The lowest BCUT2D eigenvalue weighted by molar-refractivity contribution is 0.764. The van der Waals surface area contributed by atoms with Crippen molar-refractivity contribution in [2.24, 2.45) is 0 Å². The summed E-state index contributed by atoms with van der Waals surface area (Å²) in [5.74, 6) is 0.893. The lowest BCUT2D eigenvalue weighted by atomic mass is 10.2. The molecule has 5 nitrogen and oxygen atoms in total. The molecule has 0 bridgehead atoms. The molecule has 0 radical (unpaired) electrons. The van der Waals surface area contributed by atoms with Crippen LogP contribution >= 0.6 is 11.8 Å². The maximum Gasteiger partial charge on any atom is 0.231 e. The van der Waals surface area contributed by atoms with Crippen LogP contribution in [0.5, 0.6) is 0 Å². The molecule has 19 heavy (non-hydrogen) atoms. The van der Waals surface area contributed by atoms with Crippen molar-refractivity contribution in [1.82, 2.24) is 15.0 Å². The van der Waals surface area contributed by atoms with E-state index in [9.17, 15) is 0 Å². The van der Waals surface area contributed by atoms with Crippen molar-refractivity contribution < 1.29 is 0 Å². The Labute approximate surface area is 117 Å². The molecule has 0 atom stereocenters. The highest BCUT2D eigenvalue weighted by Crippen LogP contribution is 2.17. The zero-order valence-corrected chi connectivity index (χ0v) is 11.9. The molecular weight excluding hydrogens is 258 g/mol. The Morgan fingerprint density at radius 3 is 2.53 bits per heavy atom. The third-order valence-corrected chi connectivity index (χ3v) is 3.23. The van der Waals surface area contributed by atoms with Crippen molar-refractivity contribution in [3.05, 3.63) is 35.9 Å². The van der Waals surface area contributed by atoms with Gasteiger partial charge in [0.05, 0.1) is 0 Å². The number of rotatable bonds is 5. The summed E-state index contributed by atoms with van der Waals surface area (Å²) < 4.78 is 0. The van der Waals surface area contributed by atoms with Gasteiger partial charge in [-0.1, -0.05) is 42.1 Å². The molecule has 2 rings (SSSR count). The molecule has 6 heteroatoms. The molecule has 2 N–H and O–H groups in total. The molecule has 0 aliphatic heterocycles. The maximum absolute atomic E-state index is 5.72. The van der Waals surface area contributed by atoms with E-state index in [4.69, 9.17) is 5.73 Å². The Morgan fingerprint density at radius 2 is 1.89 bits per heavy atom. The molecule has 0 aliphatic rings. The van der Waals surface area contributed by atoms with E-state index in [1.807, 2.05) is 24.5 Å². The number of anilines is 2. The van der Waals surface area contributed by atoms with E-state index in [2.05, 4.69) is 38.9 Å². The van der Waals surface area contributed by atoms with E-state index in [-0.39, 0.29) is 5.95 Å². The molecule has 0 fully saturated rings. The number of thioether (sulfide) groups is 1. The fourth-order valence-electron chi connectivity index (χ4n) is 1.72. The summed E-state index contributed by atoms with van der Waals surface area (Å²) in [6.45, 7) is 3.64. The zero-order valence-electron chi connectivity index (χ0n) is 11.1. The first-order chi connectivity index (χ1) is 9.22. The molecule has 0 unspecified atom stereocenters. The highest BCUT2D eigenvalue weighted by molar-refractivity contribution is 7.98. The third-order valence-electron chi connectivity index (χ3n) is 2.68. The molecule has 0 saturated heterocycles. The van der Waals surface area contributed by atoms with Crippen LogP contribution in [0.3, 0.4) is 0 Å². The van der Waals surface area contributed by atoms with Crippen molar-refractivity contribution in [3.8, 4) is 0 Å². The van der Waals surface area contributed by atoms with Crippen LogP contribution in [-0.4, -0.2) is 27.8 Å². The molecule has 1 heterocycles. The summed E-state index contributed by atoms with van der Waals surface area (Å²) >= 11 is 1.46. The molecule has 0 saturated carbocycles. The number of nitrogen functional groups attached to an aromatic ring is 1. The average Bonchev–Trinajstić information content (AvgIpc) is 2.45. The topological polar surface area (TPSA) is 67.9 Å². The van der Waals surface area contributed by atoms with E-state index in [1.165, 1.54) is 17.3 Å². The van der Waals surface area contributed by atoms with Gasteiger partial charge in [-0.25, -0.2) is 0 Å². The molecule has 0 amide bonds. The summed E-state index contributed by atoms with van der Waals surface area (Å²) in [6.07, 6.45) is 1.92. The largest absolute Gasteiger partial charge is 0.368 e. The predicted molar refractivity (Wildman–Crippen MR) is 79.2 cm³/mol. The predicted octanol–water partition coefficient (Wildman–Crippen LogP) is 2.20. The van der Waals surface area contributed by atoms with E-state index in [0.717, 1.165) is 13.1 Å². The van der Waals surface area contributed by atoms with Crippen LogP contribution in [0, 0.1) is 0 Å². The third kappa shape index (κ3) is 3.57. The molecule has 0 aliphatic carbocycles. The fraction of sp³-hybridized carbons (Fsp3) is 0.308. The van der Waals surface area contributed by atoms with Crippen LogP contribution < -0.4 is 10.6 Å². The summed E-state index contributed by atoms with van der Waals surface area (Å²) in [5.41, 5.74) is 6.94. The molecular formula is C13H17N5S. The molecule has 2 aromatic rings. The Bertz CT molecular complexity index is 532. The molecule has 100 valence electrons. The van der Waals surface area contributed by atoms with E-state index in [0.29, 0.717) is 11.1 Å². The number of aromatic nitrogens is 3. The van der Waals surface area contributed by atoms with Gasteiger partial charge in [0.2, 0.25) is 11.9 Å². The normalized spacial score (nSPS) is 10.4. The average molecular weight is 275 g/mol. The number of nitrogens with zero attached hydrogens (tertiary/aromatic N) is 4. The quantitative estimate of drug-likeness (QED) is 0.844. The number of hydrogen-bond acceptors (Lipinski definition) is 6. The highest BCUT2D eigenvalue weighted by Gasteiger charge is 2.11. The van der Waals surface area contributed by atoms with Gasteiger partial charge in [-0.05, 0) is 18.7 Å². The summed E-state index contributed by atoms with van der Waals surface area (Å²) in [4.78, 5) is 14.8. The van der Waals surface area contributed by atoms with Gasteiger partial charge >= 0.3 is 0 Å². The van der Waals surface area contributed by atoms with Crippen LogP contribution in [0.1, 0.15) is 12.5 Å². The van der Waals surface area contributed by atoms with Crippen LogP contribution in [0.25, 0.3) is 0 Å². The van der Waals surface area contributed by atoms with Crippen LogP contribution in [0.15, 0.2) is 35.5 Å². The molecule has 1 aromatic heterocycles. The smallest absolute Gasteiger partial charge is 0.231 e. The number of nitrogens with two attached hydrogens (primary N) is 1. The van der Waals surface area contributed by atoms with Gasteiger partial charge in [0.1, 0.15) is 0 Å². The Hall–Kier alpha value is -1.82. The summed E-state index contributed by atoms with van der Waals surface area (Å²) in [6, 6.07) is 10.2.